The van der Waals surface area contributed by atoms with Crippen LogP contribution in [0.25, 0.3) is 10.9 Å². The number of carbonyl (C=O) groups excluding carboxylic acids is 3. The summed E-state index contributed by atoms with van der Waals surface area (Å²) < 4.78 is 6.59. The van der Waals surface area contributed by atoms with E-state index in [4.69, 9.17) is 4.74 Å². The van der Waals surface area contributed by atoms with E-state index in [1.54, 1.807) is 4.90 Å². The van der Waals surface area contributed by atoms with Crippen LogP contribution in [0.1, 0.15) is 65.9 Å². The molecule has 1 N–H and O–H groups in total. The highest BCUT2D eigenvalue weighted by Crippen LogP contribution is 2.37. The van der Waals surface area contributed by atoms with Gasteiger partial charge in [-0.1, -0.05) is 24.6 Å². The molecule has 3 atom stereocenters. The second-order valence-corrected chi connectivity index (χ2v) is 11.3. The summed E-state index contributed by atoms with van der Waals surface area (Å²) in [6.07, 6.45) is 7.09. The van der Waals surface area contributed by atoms with Gasteiger partial charge in [0.15, 0.2) is 0 Å². The molecule has 200 valence electrons. The van der Waals surface area contributed by atoms with Gasteiger partial charge in [-0.25, -0.2) is 0 Å². The molecule has 3 amide bonds. The highest BCUT2D eigenvalue weighted by molar-refractivity contribution is 6.05. The smallest absolute Gasteiger partial charge is 0.255 e. The number of likely N-dealkylation sites (tertiary alicyclic amines) is 1. The summed E-state index contributed by atoms with van der Waals surface area (Å²) in [7, 11) is 0. The number of nitrogens with one attached hydrogen (secondary N) is 1. The van der Waals surface area contributed by atoms with E-state index in [2.05, 4.69) is 39.5 Å². The van der Waals surface area contributed by atoms with E-state index in [0.29, 0.717) is 30.5 Å². The molecular weight excluding hydrogens is 492 g/mol. The summed E-state index contributed by atoms with van der Waals surface area (Å²) >= 11 is 0. The Balaban J connectivity index is 1.02. The Labute approximate surface area is 227 Å². The summed E-state index contributed by atoms with van der Waals surface area (Å²) in [5.74, 6) is 0.476. The van der Waals surface area contributed by atoms with E-state index in [1.807, 2.05) is 30.5 Å². The lowest BCUT2D eigenvalue weighted by Gasteiger charge is -2.48. The van der Waals surface area contributed by atoms with Crippen LogP contribution in [0.2, 0.25) is 0 Å². The fourth-order valence-corrected chi connectivity index (χ4v) is 6.76. The molecule has 1 saturated carbocycles. The van der Waals surface area contributed by atoms with Gasteiger partial charge in [-0.05, 0) is 67.1 Å². The Morgan fingerprint density at radius 3 is 2.69 bits per heavy atom. The maximum atomic E-state index is 13.0. The van der Waals surface area contributed by atoms with E-state index < -0.39 is 6.04 Å². The number of piperidine rings is 1. The number of hydrogen-bond acceptors (Lipinski definition) is 6. The Morgan fingerprint density at radius 1 is 0.949 bits per heavy atom. The first-order valence-corrected chi connectivity index (χ1v) is 14.1. The van der Waals surface area contributed by atoms with Gasteiger partial charge < -0.3 is 9.64 Å². The lowest BCUT2D eigenvalue weighted by molar-refractivity contribution is -0.136. The van der Waals surface area contributed by atoms with Crippen molar-refractivity contribution < 1.29 is 19.1 Å². The van der Waals surface area contributed by atoms with Crippen molar-refractivity contribution in [3.63, 3.8) is 0 Å². The minimum atomic E-state index is -0.604. The molecule has 1 aliphatic carbocycles. The lowest BCUT2D eigenvalue weighted by atomic mass is 9.84. The van der Waals surface area contributed by atoms with Crippen LogP contribution in [0.3, 0.4) is 0 Å². The van der Waals surface area contributed by atoms with E-state index in [0.717, 1.165) is 49.2 Å². The zero-order valence-corrected chi connectivity index (χ0v) is 21.8. The Hall–Kier alpha value is -3.78. The first-order chi connectivity index (χ1) is 19.0. The van der Waals surface area contributed by atoms with Crippen molar-refractivity contribution in [3.05, 3.63) is 71.4 Å². The zero-order chi connectivity index (χ0) is 26.5. The van der Waals surface area contributed by atoms with Gasteiger partial charge in [0.2, 0.25) is 11.8 Å². The van der Waals surface area contributed by atoms with Crippen LogP contribution in [-0.4, -0.2) is 63.8 Å². The van der Waals surface area contributed by atoms with Crippen LogP contribution in [-0.2, 0) is 16.1 Å². The molecule has 4 heterocycles. The minimum Gasteiger partial charge on any atom is -0.489 e. The average Bonchev–Trinajstić information content (AvgIpc) is 3.24. The number of imide groups is 1. The molecule has 0 spiro atoms. The summed E-state index contributed by atoms with van der Waals surface area (Å²) in [5.41, 5.74) is 3.90. The van der Waals surface area contributed by atoms with Crippen LogP contribution < -0.4 is 10.1 Å². The van der Waals surface area contributed by atoms with Gasteiger partial charge in [-0.15, -0.1) is 0 Å². The first kappa shape index (κ1) is 24.3. The number of rotatable bonds is 5. The Kier molecular flexibility index (Phi) is 6.07. The molecule has 7 rings (SSSR count). The van der Waals surface area contributed by atoms with Gasteiger partial charge in [0, 0.05) is 55.2 Å². The number of fused-ring (bicyclic) bond motifs is 2. The van der Waals surface area contributed by atoms with Crippen LogP contribution in [0.5, 0.6) is 5.75 Å². The van der Waals surface area contributed by atoms with Gasteiger partial charge in [-0.3, -0.25) is 29.6 Å². The van der Waals surface area contributed by atoms with Gasteiger partial charge in [0.1, 0.15) is 17.9 Å². The molecule has 4 aliphatic rings. The maximum Gasteiger partial charge on any atom is 0.255 e. The molecule has 8 heteroatoms. The molecule has 0 bridgehead atoms. The van der Waals surface area contributed by atoms with Crippen LogP contribution in [0.4, 0.5) is 0 Å². The molecule has 39 heavy (non-hydrogen) atoms. The fraction of sp³-hybridized carbons (Fsp3) is 0.419. The van der Waals surface area contributed by atoms with Crippen molar-refractivity contribution in [2.75, 3.05) is 13.1 Å². The predicted molar refractivity (Wildman–Crippen MR) is 145 cm³/mol. The summed E-state index contributed by atoms with van der Waals surface area (Å²) in [4.78, 5) is 45.6. The molecule has 2 saturated heterocycles. The summed E-state index contributed by atoms with van der Waals surface area (Å²) in [6.45, 7) is 2.42. The number of pyridine rings is 1. The normalized spacial score (nSPS) is 25.9. The first-order valence-electron chi connectivity index (χ1n) is 14.1. The van der Waals surface area contributed by atoms with Crippen LogP contribution in [0.15, 0.2) is 54.7 Å². The number of ether oxygens (including phenoxy) is 1. The fourth-order valence-electron chi connectivity index (χ4n) is 6.76. The van der Waals surface area contributed by atoms with Gasteiger partial charge in [-0.2, -0.15) is 0 Å². The second-order valence-electron chi connectivity index (χ2n) is 11.3. The third kappa shape index (κ3) is 4.46. The summed E-state index contributed by atoms with van der Waals surface area (Å²) in [5, 5.41) is 3.54. The van der Waals surface area contributed by atoms with E-state index in [-0.39, 0.29) is 30.2 Å². The summed E-state index contributed by atoms with van der Waals surface area (Å²) in [6, 6.07) is 16.2. The van der Waals surface area contributed by atoms with Crippen molar-refractivity contribution in [1.82, 2.24) is 20.1 Å². The van der Waals surface area contributed by atoms with Crippen molar-refractivity contribution in [1.29, 1.82) is 0 Å². The topological polar surface area (TPSA) is 91.8 Å². The van der Waals surface area contributed by atoms with Crippen LogP contribution in [0, 0.1) is 0 Å². The number of aromatic nitrogens is 1. The highest BCUT2D eigenvalue weighted by Gasteiger charge is 2.41. The molecule has 3 aromatic rings. The SMILES string of the molecule is O=C1CCC(N2Cc3cc(O[C@@H]4CCCC[C@H]4N4CC(c5ccc6cccnc6c5)C4)ccc3C2=O)C(=O)N1. The molecule has 3 fully saturated rings. The van der Waals surface area contributed by atoms with Crippen molar-refractivity contribution >= 4 is 28.6 Å². The average molecular weight is 525 g/mol. The molecule has 1 unspecified atom stereocenters. The quantitative estimate of drug-likeness (QED) is 0.511. The standard InChI is InChI=1S/C31H32N4O4/c36-29-12-11-27(30(37)33-29)35-18-21-14-23(9-10-24(21)31(35)38)39-28-6-2-1-5-26(28)34-16-22(17-34)20-8-7-19-4-3-13-32-25(19)15-20/h3-4,7-10,13-15,22,26-28H,1-2,5-6,11-12,16-18H2,(H,33,36,37)/t26-,27?,28-/m1/s1. The number of benzene rings is 2. The molecule has 8 nitrogen and oxygen atoms in total. The zero-order valence-electron chi connectivity index (χ0n) is 21.8. The Morgan fingerprint density at radius 2 is 1.82 bits per heavy atom. The monoisotopic (exact) mass is 524 g/mol. The molecule has 3 aliphatic heterocycles. The van der Waals surface area contributed by atoms with Gasteiger partial charge in [0.05, 0.1) is 5.52 Å². The molecule has 0 radical (unpaired) electrons. The van der Waals surface area contributed by atoms with E-state index >= 15 is 0 Å². The lowest BCUT2D eigenvalue weighted by Crippen LogP contribution is -2.57. The third-order valence-corrected chi connectivity index (χ3v) is 8.93. The number of hydrogen-bond donors (Lipinski definition) is 1. The number of nitrogens with zero attached hydrogens (tertiary/aromatic N) is 3. The largest absolute Gasteiger partial charge is 0.489 e. The third-order valence-electron chi connectivity index (χ3n) is 8.93. The Bertz CT molecular complexity index is 1470. The van der Waals surface area contributed by atoms with E-state index in [1.165, 1.54) is 17.4 Å². The molecule has 1 aromatic heterocycles. The van der Waals surface area contributed by atoms with E-state index in [9.17, 15) is 14.4 Å². The highest BCUT2D eigenvalue weighted by atomic mass is 16.5. The number of amides is 3. The van der Waals surface area contributed by atoms with Crippen molar-refractivity contribution in [2.45, 2.75) is 69.2 Å². The van der Waals surface area contributed by atoms with Gasteiger partial charge in [0.25, 0.3) is 5.91 Å². The minimum absolute atomic E-state index is 0.111. The van der Waals surface area contributed by atoms with Crippen molar-refractivity contribution in [2.24, 2.45) is 0 Å². The van der Waals surface area contributed by atoms with Crippen LogP contribution >= 0.6 is 0 Å². The predicted octanol–water partition coefficient (Wildman–Crippen LogP) is 3.79. The number of carbonyl (C=O) groups is 3. The molecule has 2 aromatic carbocycles. The maximum absolute atomic E-state index is 13.0. The second kappa shape index (κ2) is 9.75. The van der Waals surface area contributed by atoms with Gasteiger partial charge >= 0.3 is 0 Å². The van der Waals surface area contributed by atoms with Crippen molar-refractivity contribution in [3.8, 4) is 5.75 Å². The molecular formula is C31H32N4O4.